The number of halogens is 1. The number of hydrogen-bond donors (Lipinski definition) is 0. The molecular weight excluding hydrogens is 188 g/mol. The topological polar surface area (TPSA) is 44.1 Å². The molecule has 0 aromatic carbocycles. The van der Waals surface area contributed by atoms with Gasteiger partial charge in [0.2, 0.25) is 5.91 Å². The van der Waals surface area contributed by atoms with Crippen molar-refractivity contribution in [2.24, 2.45) is 5.92 Å². The van der Waals surface area contributed by atoms with Gasteiger partial charge in [0.1, 0.15) is 0 Å². The Bertz CT molecular complexity index is 200. The minimum atomic E-state index is -0.107. The maximum atomic E-state index is 11.3. The summed E-state index contributed by atoms with van der Waals surface area (Å²) in [7, 11) is 1.71. The molecule has 0 heterocycles. The van der Waals surface area contributed by atoms with Crippen LogP contribution < -0.4 is 0 Å². The molecule has 1 unspecified atom stereocenters. The van der Waals surface area contributed by atoms with Crippen molar-refractivity contribution >= 4 is 17.5 Å². The third-order valence-electron chi connectivity index (χ3n) is 1.72. The first-order valence-corrected chi connectivity index (χ1v) is 4.84. The molecule has 4 heteroatoms. The van der Waals surface area contributed by atoms with Crippen LogP contribution in [0.4, 0.5) is 0 Å². The van der Waals surface area contributed by atoms with Crippen LogP contribution in [-0.4, -0.2) is 30.3 Å². The molecule has 0 saturated heterocycles. The van der Waals surface area contributed by atoms with Gasteiger partial charge in [-0.2, -0.15) is 5.26 Å². The lowest BCUT2D eigenvalue weighted by Crippen LogP contribution is -2.30. The molecule has 0 aliphatic heterocycles. The van der Waals surface area contributed by atoms with E-state index in [4.69, 9.17) is 16.9 Å². The first-order valence-electron chi connectivity index (χ1n) is 4.31. The zero-order valence-electron chi connectivity index (χ0n) is 8.09. The van der Waals surface area contributed by atoms with Crippen LogP contribution in [-0.2, 0) is 4.79 Å². The van der Waals surface area contributed by atoms with Gasteiger partial charge in [0.05, 0.1) is 12.0 Å². The first-order chi connectivity index (χ1) is 6.11. The van der Waals surface area contributed by atoms with Crippen LogP contribution in [0.1, 0.15) is 19.8 Å². The van der Waals surface area contributed by atoms with E-state index in [1.165, 1.54) is 0 Å². The van der Waals surface area contributed by atoms with Gasteiger partial charge in [-0.05, 0) is 13.3 Å². The smallest absolute Gasteiger partial charge is 0.222 e. The molecule has 0 aliphatic rings. The highest BCUT2D eigenvalue weighted by Crippen LogP contribution is 2.01. The first kappa shape index (κ1) is 12.2. The monoisotopic (exact) mass is 202 g/mol. The van der Waals surface area contributed by atoms with Crippen LogP contribution in [0, 0.1) is 17.2 Å². The van der Waals surface area contributed by atoms with Crippen molar-refractivity contribution < 1.29 is 4.79 Å². The summed E-state index contributed by atoms with van der Waals surface area (Å²) in [4.78, 5) is 12.9. The Morgan fingerprint density at radius 2 is 2.31 bits per heavy atom. The molecule has 0 bridgehead atoms. The molecule has 0 radical (unpaired) electrons. The maximum Gasteiger partial charge on any atom is 0.222 e. The van der Waals surface area contributed by atoms with Crippen LogP contribution in [0.2, 0.25) is 0 Å². The molecule has 0 saturated carbocycles. The summed E-state index contributed by atoms with van der Waals surface area (Å²) in [6.07, 6.45) is 1.17. The number of amides is 1. The van der Waals surface area contributed by atoms with E-state index in [2.05, 4.69) is 6.07 Å². The lowest BCUT2D eigenvalue weighted by Gasteiger charge is -2.17. The van der Waals surface area contributed by atoms with Gasteiger partial charge in [-0.25, -0.2) is 0 Å². The molecule has 0 rings (SSSR count). The number of carbonyl (C=O) groups is 1. The van der Waals surface area contributed by atoms with Gasteiger partial charge in [0, 0.05) is 25.9 Å². The van der Waals surface area contributed by atoms with Gasteiger partial charge >= 0.3 is 0 Å². The predicted octanol–water partition coefficient (Wildman–Crippen LogP) is 1.62. The van der Waals surface area contributed by atoms with Crippen LogP contribution >= 0.6 is 11.6 Å². The van der Waals surface area contributed by atoms with Crippen LogP contribution in [0.25, 0.3) is 0 Å². The zero-order chi connectivity index (χ0) is 10.3. The highest BCUT2D eigenvalue weighted by Gasteiger charge is 2.10. The summed E-state index contributed by atoms with van der Waals surface area (Å²) in [5.74, 6) is 0.459. The number of rotatable bonds is 5. The molecular formula is C9H15ClN2O. The summed E-state index contributed by atoms with van der Waals surface area (Å²) < 4.78 is 0. The number of nitriles is 1. The van der Waals surface area contributed by atoms with E-state index in [0.717, 1.165) is 0 Å². The molecule has 74 valence electrons. The Morgan fingerprint density at radius 3 is 2.77 bits per heavy atom. The van der Waals surface area contributed by atoms with E-state index in [1.807, 2.05) is 0 Å². The standard InChI is InChI=1S/C9H15ClN2O/c1-8(6-11)7-12(2)9(13)4-3-5-10/h8H,3-5,7H2,1-2H3. The van der Waals surface area contributed by atoms with Gasteiger partial charge < -0.3 is 4.90 Å². The fourth-order valence-corrected chi connectivity index (χ4v) is 1.10. The Morgan fingerprint density at radius 1 is 1.69 bits per heavy atom. The van der Waals surface area contributed by atoms with Crippen molar-refractivity contribution in [1.29, 1.82) is 5.26 Å². The molecule has 0 aromatic rings. The van der Waals surface area contributed by atoms with Gasteiger partial charge in [-0.1, -0.05) is 0 Å². The summed E-state index contributed by atoms with van der Waals surface area (Å²) >= 11 is 5.46. The van der Waals surface area contributed by atoms with E-state index in [-0.39, 0.29) is 11.8 Å². The van der Waals surface area contributed by atoms with E-state index in [1.54, 1.807) is 18.9 Å². The zero-order valence-corrected chi connectivity index (χ0v) is 8.84. The van der Waals surface area contributed by atoms with Gasteiger partial charge in [0.15, 0.2) is 0 Å². The lowest BCUT2D eigenvalue weighted by molar-refractivity contribution is -0.130. The van der Waals surface area contributed by atoms with Crippen molar-refractivity contribution in [1.82, 2.24) is 4.90 Å². The summed E-state index contributed by atoms with van der Waals surface area (Å²) in [5, 5.41) is 8.53. The molecule has 1 atom stereocenters. The minimum Gasteiger partial charge on any atom is -0.344 e. The summed E-state index contributed by atoms with van der Waals surface area (Å²) in [6.45, 7) is 2.29. The fraction of sp³-hybridized carbons (Fsp3) is 0.778. The van der Waals surface area contributed by atoms with Crippen LogP contribution in [0.3, 0.4) is 0 Å². The van der Waals surface area contributed by atoms with Crippen molar-refractivity contribution in [2.45, 2.75) is 19.8 Å². The number of nitrogens with zero attached hydrogens (tertiary/aromatic N) is 2. The van der Waals surface area contributed by atoms with Crippen molar-refractivity contribution in [3.8, 4) is 6.07 Å². The number of carbonyl (C=O) groups excluding carboxylic acids is 1. The third-order valence-corrected chi connectivity index (χ3v) is 1.99. The molecule has 0 fully saturated rings. The molecule has 0 aromatic heterocycles. The second-order valence-electron chi connectivity index (χ2n) is 3.10. The third kappa shape index (κ3) is 5.48. The minimum absolute atomic E-state index is 0.0581. The average molecular weight is 203 g/mol. The molecule has 0 spiro atoms. The average Bonchev–Trinajstić information content (AvgIpc) is 2.13. The van der Waals surface area contributed by atoms with Crippen molar-refractivity contribution in [3.05, 3.63) is 0 Å². The van der Waals surface area contributed by atoms with Gasteiger partial charge in [-0.15, -0.1) is 11.6 Å². The normalized spacial score (nSPS) is 11.8. The van der Waals surface area contributed by atoms with Crippen LogP contribution in [0.15, 0.2) is 0 Å². The Hall–Kier alpha value is -0.750. The molecule has 13 heavy (non-hydrogen) atoms. The maximum absolute atomic E-state index is 11.3. The number of hydrogen-bond acceptors (Lipinski definition) is 2. The van der Waals surface area contributed by atoms with E-state index < -0.39 is 0 Å². The summed E-state index contributed by atoms with van der Waals surface area (Å²) in [6, 6.07) is 2.09. The fourth-order valence-electron chi connectivity index (χ4n) is 0.962. The summed E-state index contributed by atoms with van der Waals surface area (Å²) in [5.41, 5.74) is 0. The van der Waals surface area contributed by atoms with Crippen molar-refractivity contribution in [3.63, 3.8) is 0 Å². The lowest BCUT2D eigenvalue weighted by atomic mass is 10.2. The highest BCUT2D eigenvalue weighted by atomic mass is 35.5. The molecule has 3 nitrogen and oxygen atoms in total. The Balaban J connectivity index is 3.77. The van der Waals surface area contributed by atoms with E-state index in [0.29, 0.717) is 25.3 Å². The Labute approximate surface area is 84.3 Å². The van der Waals surface area contributed by atoms with Crippen molar-refractivity contribution in [2.75, 3.05) is 19.5 Å². The molecule has 0 N–H and O–H groups in total. The highest BCUT2D eigenvalue weighted by molar-refractivity contribution is 6.17. The van der Waals surface area contributed by atoms with Gasteiger partial charge in [-0.3, -0.25) is 4.79 Å². The van der Waals surface area contributed by atoms with Gasteiger partial charge in [0.25, 0.3) is 0 Å². The number of alkyl halides is 1. The van der Waals surface area contributed by atoms with E-state index in [9.17, 15) is 4.79 Å². The largest absolute Gasteiger partial charge is 0.344 e. The second kappa shape index (κ2) is 6.73. The molecule has 1 amide bonds. The SMILES string of the molecule is CC(C#N)CN(C)C(=O)CCCCl. The Kier molecular flexibility index (Phi) is 6.34. The quantitative estimate of drug-likeness (QED) is 0.636. The van der Waals surface area contributed by atoms with E-state index >= 15 is 0 Å². The molecule has 0 aliphatic carbocycles. The second-order valence-corrected chi connectivity index (χ2v) is 3.47. The van der Waals surface area contributed by atoms with Crippen LogP contribution in [0.5, 0.6) is 0 Å². The predicted molar refractivity (Wildman–Crippen MR) is 52.4 cm³/mol.